The summed E-state index contributed by atoms with van der Waals surface area (Å²) in [4.78, 5) is 0. The first kappa shape index (κ1) is 14.3. The third-order valence-corrected chi connectivity index (χ3v) is 4.47. The molecule has 2 nitrogen and oxygen atoms in total. The largest absolute Gasteiger partial charge is 0.414 e. The lowest BCUT2D eigenvalue weighted by Crippen LogP contribution is -2.39. The molecule has 0 spiro atoms. The molecule has 1 fully saturated rings. The molecule has 1 radical (unpaired) electrons. The van der Waals surface area contributed by atoms with Crippen LogP contribution in [0.1, 0.15) is 18.4 Å². The number of hydrogen-bond donors (Lipinski definition) is 0. The average molecular weight is 304 g/mol. The zero-order valence-electron chi connectivity index (χ0n) is 10.6. The van der Waals surface area contributed by atoms with Gasteiger partial charge < -0.3 is 9.16 Å². The van der Waals surface area contributed by atoms with Gasteiger partial charge in [-0.05, 0) is 43.6 Å². The minimum Gasteiger partial charge on any atom is -0.414 e. The summed E-state index contributed by atoms with van der Waals surface area (Å²) < 4.78 is 11.6. The Balaban J connectivity index is 1.72. The summed E-state index contributed by atoms with van der Waals surface area (Å²) >= 11 is 11.8. The van der Waals surface area contributed by atoms with Gasteiger partial charge in [0.05, 0.1) is 22.8 Å². The summed E-state index contributed by atoms with van der Waals surface area (Å²) in [5.74, 6) is 0. The minimum atomic E-state index is -0.582. The Morgan fingerprint density at radius 1 is 1.17 bits per heavy atom. The van der Waals surface area contributed by atoms with E-state index >= 15 is 0 Å². The fraction of sp³-hybridized carbons (Fsp3) is 0.538. The first-order chi connectivity index (χ1) is 8.54. The SMILES string of the molecule is C[Si](C)OC1CC(OCc2ccc(Cl)c(Cl)c2)C1. The van der Waals surface area contributed by atoms with Crippen molar-refractivity contribution in [1.29, 1.82) is 0 Å². The molecule has 0 heterocycles. The molecule has 1 saturated carbocycles. The Hall–Kier alpha value is -0.0631. The predicted octanol–water partition coefficient (Wildman–Crippen LogP) is 4.31. The molecular weight excluding hydrogens is 287 g/mol. The molecule has 0 saturated heterocycles. The van der Waals surface area contributed by atoms with E-state index in [1.54, 1.807) is 6.07 Å². The molecule has 1 aliphatic rings. The van der Waals surface area contributed by atoms with E-state index < -0.39 is 9.04 Å². The molecule has 1 aromatic rings. The van der Waals surface area contributed by atoms with E-state index in [4.69, 9.17) is 32.4 Å². The molecule has 0 amide bonds. The van der Waals surface area contributed by atoms with Crippen molar-refractivity contribution in [2.24, 2.45) is 0 Å². The molecule has 0 N–H and O–H groups in total. The molecule has 99 valence electrons. The van der Waals surface area contributed by atoms with Crippen molar-refractivity contribution in [3.05, 3.63) is 33.8 Å². The van der Waals surface area contributed by atoms with Crippen molar-refractivity contribution in [2.45, 2.75) is 44.8 Å². The number of benzene rings is 1. The van der Waals surface area contributed by atoms with Crippen molar-refractivity contribution in [2.75, 3.05) is 0 Å². The highest BCUT2D eigenvalue weighted by Crippen LogP contribution is 2.28. The molecule has 1 aromatic carbocycles. The molecule has 0 aliphatic heterocycles. The normalized spacial score (nSPS) is 23.2. The number of hydrogen-bond acceptors (Lipinski definition) is 2. The standard InChI is InChI=1S/C13H17Cl2O2Si/c1-18(2)17-11-6-10(7-11)16-8-9-3-4-12(14)13(15)5-9/h3-5,10-11H,6-8H2,1-2H3. The molecule has 18 heavy (non-hydrogen) atoms. The van der Waals surface area contributed by atoms with Crippen LogP contribution in [0.4, 0.5) is 0 Å². The molecule has 5 heteroatoms. The Labute approximate surface area is 120 Å². The molecule has 0 atom stereocenters. The lowest BCUT2D eigenvalue weighted by molar-refractivity contribution is -0.0692. The topological polar surface area (TPSA) is 18.5 Å². The van der Waals surface area contributed by atoms with E-state index in [-0.39, 0.29) is 0 Å². The van der Waals surface area contributed by atoms with E-state index in [1.165, 1.54) is 0 Å². The summed E-state index contributed by atoms with van der Waals surface area (Å²) in [5.41, 5.74) is 1.06. The highest BCUT2D eigenvalue weighted by molar-refractivity contribution is 6.48. The Morgan fingerprint density at radius 3 is 2.50 bits per heavy atom. The Bertz CT molecular complexity index is 406. The quantitative estimate of drug-likeness (QED) is 0.755. The van der Waals surface area contributed by atoms with Crippen LogP contribution in [0.15, 0.2) is 18.2 Å². The van der Waals surface area contributed by atoms with E-state index in [0.717, 1.165) is 18.4 Å². The van der Waals surface area contributed by atoms with Gasteiger partial charge in [-0.25, -0.2) is 0 Å². The fourth-order valence-corrected chi connectivity index (χ4v) is 3.11. The van der Waals surface area contributed by atoms with Crippen LogP contribution in [0.2, 0.25) is 23.1 Å². The van der Waals surface area contributed by atoms with E-state index in [9.17, 15) is 0 Å². The van der Waals surface area contributed by atoms with Crippen LogP contribution in [-0.4, -0.2) is 21.2 Å². The van der Waals surface area contributed by atoms with Gasteiger partial charge in [0.2, 0.25) is 9.04 Å². The van der Waals surface area contributed by atoms with Crippen molar-refractivity contribution in [3.63, 3.8) is 0 Å². The Kier molecular flexibility index (Phi) is 5.10. The Morgan fingerprint density at radius 2 is 1.89 bits per heavy atom. The second-order valence-corrected chi connectivity index (χ2v) is 7.67. The maximum absolute atomic E-state index is 5.95. The second-order valence-electron chi connectivity index (χ2n) is 4.80. The van der Waals surface area contributed by atoms with Gasteiger partial charge >= 0.3 is 0 Å². The van der Waals surface area contributed by atoms with Crippen LogP contribution >= 0.6 is 23.2 Å². The van der Waals surface area contributed by atoms with Crippen molar-refractivity contribution >= 4 is 32.2 Å². The average Bonchev–Trinajstić information content (AvgIpc) is 2.25. The number of rotatable bonds is 5. The zero-order chi connectivity index (χ0) is 13.1. The van der Waals surface area contributed by atoms with E-state index in [2.05, 4.69) is 13.1 Å². The molecule has 0 bridgehead atoms. The maximum Gasteiger partial charge on any atom is 0.205 e. The van der Waals surface area contributed by atoms with Crippen LogP contribution in [-0.2, 0) is 15.8 Å². The smallest absolute Gasteiger partial charge is 0.205 e. The first-order valence-electron chi connectivity index (χ1n) is 6.07. The van der Waals surface area contributed by atoms with Gasteiger partial charge in [0, 0.05) is 6.10 Å². The molecule has 0 aromatic heterocycles. The van der Waals surface area contributed by atoms with Crippen LogP contribution in [0, 0.1) is 0 Å². The molecule has 1 aliphatic carbocycles. The van der Waals surface area contributed by atoms with Gasteiger partial charge in [-0.3, -0.25) is 0 Å². The molecule has 0 unspecified atom stereocenters. The van der Waals surface area contributed by atoms with Crippen molar-refractivity contribution in [3.8, 4) is 0 Å². The van der Waals surface area contributed by atoms with Crippen molar-refractivity contribution < 1.29 is 9.16 Å². The maximum atomic E-state index is 5.95. The van der Waals surface area contributed by atoms with Crippen LogP contribution < -0.4 is 0 Å². The lowest BCUT2D eigenvalue weighted by atomic mass is 9.92. The number of ether oxygens (including phenoxy) is 1. The molecular formula is C13H17Cl2O2Si. The third-order valence-electron chi connectivity index (χ3n) is 2.92. The first-order valence-corrected chi connectivity index (χ1v) is 9.23. The van der Waals surface area contributed by atoms with Crippen LogP contribution in [0.3, 0.4) is 0 Å². The van der Waals surface area contributed by atoms with E-state index in [1.807, 2.05) is 12.1 Å². The fourth-order valence-electron chi connectivity index (χ4n) is 1.93. The van der Waals surface area contributed by atoms with Gasteiger partial charge in [0.25, 0.3) is 0 Å². The summed E-state index contributed by atoms with van der Waals surface area (Å²) in [6.45, 7) is 4.91. The van der Waals surface area contributed by atoms with Gasteiger partial charge in [-0.15, -0.1) is 0 Å². The monoisotopic (exact) mass is 303 g/mol. The van der Waals surface area contributed by atoms with Crippen LogP contribution in [0.5, 0.6) is 0 Å². The highest BCUT2D eigenvalue weighted by Gasteiger charge is 2.31. The zero-order valence-corrected chi connectivity index (χ0v) is 13.1. The summed E-state index contributed by atoms with van der Waals surface area (Å²) in [5, 5.41) is 1.16. The number of halogens is 2. The van der Waals surface area contributed by atoms with Gasteiger partial charge in [0.1, 0.15) is 0 Å². The van der Waals surface area contributed by atoms with Gasteiger partial charge in [-0.1, -0.05) is 29.3 Å². The summed E-state index contributed by atoms with van der Waals surface area (Å²) in [6.07, 6.45) is 2.76. The minimum absolute atomic E-state index is 0.325. The van der Waals surface area contributed by atoms with E-state index in [0.29, 0.717) is 28.9 Å². The molecule has 2 rings (SSSR count). The second kappa shape index (κ2) is 6.39. The summed E-state index contributed by atoms with van der Waals surface area (Å²) in [7, 11) is -0.582. The van der Waals surface area contributed by atoms with Gasteiger partial charge in [0.15, 0.2) is 0 Å². The summed E-state index contributed by atoms with van der Waals surface area (Å²) in [6, 6.07) is 5.61. The highest BCUT2D eigenvalue weighted by atomic mass is 35.5. The van der Waals surface area contributed by atoms with Crippen LogP contribution in [0.25, 0.3) is 0 Å². The van der Waals surface area contributed by atoms with Gasteiger partial charge in [-0.2, -0.15) is 0 Å². The third kappa shape index (κ3) is 3.97. The lowest BCUT2D eigenvalue weighted by Gasteiger charge is -2.36. The predicted molar refractivity (Wildman–Crippen MR) is 76.6 cm³/mol. The van der Waals surface area contributed by atoms with Crippen molar-refractivity contribution in [1.82, 2.24) is 0 Å².